The van der Waals surface area contributed by atoms with Gasteiger partial charge in [-0.2, -0.15) is 0 Å². The molecule has 9 heavy (non-hydrogen) atoms. The van der Waals surface area contributed by atoms with E-state index in [-0.39, 0.29) is 18.2 Å². The third-order valence-electron chi connectivity index (χ3n) is 1.41. The van der Waals surface area contributed by atoms with Crippen LogP contribution in [0.25, 0.3) is 0 Å². The quantitative estimate of drug-likeness (QED) is 0.480. The van der Waals surface area contributed by atoms with Gasteiger partial charge in [-0.1, -0.05) is 0 Å². The normalized spacial score (nSPS) is 33.1. The van der Waals surface area contributed by atoms with Gasteiger partial charge in [0.25, 0.3) is 0 Å². The van der Waals surface area contributed by atoms with Crippen molar-refractivity contribution in [1.29, 1.82) is 0 Å². The van der Waals surface area contributed by atoms with E-state index in [4.69, 9.17) is 4.74 Å². The lowest BCUT2D eigenvalue weighted by Crippen LogP contribution is -2.41. The molecule has 0 aromatic rings. The average molecular weight is 130 g/mol. The summed E-state index contributed by atoms with van der Waals surface area (Å²) in [6, 6.07) is 0. The summed E-state index contributed by atoms with van der Waals surface area (Å²) in [4.78, 5) is 10.6. The van der Waals surface area contributed by atoms with Crippen LogP contribution in [0.2, 0.25) is 0 Å². The monoisotopic (exact) mass is 130 g/mol. The number of methoxy groups -OCH3 is 1. The maximum absolute atomic E-state index is 10.6. The number of hydrogen-bond acceptors (Lipinski definition) is 3. The molecule has 2 atom stereocenters. The minimum Gasteiger partial charge on any atom is -0.467 e. The van der Waals surface area contributed by atoms with Crippen LogP contribution in [-0.4, -0.2) is 25.3 Å². The average Bonchev–Trinajstić information content (AvgIpc) is 1.79. The lowest BCUT2D eigenvalue weighted by atomic mass is 10.1. The maximum atomic E-state index is 10.6. The second-order valence-electron chi connectivity index (χ2n) is 2.19. The van der Waals surface area contributed by atoms with Crippen LogP contribution in [0.4, 0.5) is 0 Å². The van der Waals surface area contributed by atoms with Gasteiger partial charge >= 0.3 is 5.97 Å². The Balaban J connectivity index is 2.23. The zero-order valence-electron chi connectivity index (χ0n) is 5.59. The molecule has 0 spiro atoms. The van der Waals surface area contributed by atoms with E-state index in [1.165, 1.54) is 7.11 Å². The van der Waals surface area contributed by atoms with Crippen molar-refractivity contribution in [3.8, 4) is 0 Å². The van der Waals surface area contributed by atoms with E-state index < -0.39 is 0 Å². The molecular formula is C6H10O3. The fourth-order valence-electron chi connectivity index (χ4n) is 0.854. The second kappa shape index (κ2) is 2.35. The van der Waals surface area contributed by atoms with Gasteiger partial charge in [0, 0.05) is 6.42 Å². The van der Waals surface area contributed by atoms with E-state index in [0.29, 0.717) is 0 Å². The Labute approximate surface area is 53.9 Å². The zero-order chi connectivity index (χ0) is 6.85. The summed E-state index contributed by atoms with van der Waals surface area (Å²) in [6.45, 7) is 1.93. The van der Waals surface area contributed by atoms with E-state index in [0.717, 1.165) is 6.42 Å². The largest absolute Gasteiger partial charge is 0.467 e. The Hall–Kier alpha value is -0.570. The Morgan fingerprint density at radius 1 is 1.78 bits per heavy atom. The summed E-state index contributed by atoms with van der Waals surface area (Å²) < 4.78 is 9.46. The van der Waals surface area contributed by atoms with Gasteiger partial charge in [-0.15, -0.1) is 0 Å². The summed E-state index contributed by atoms with van der Waals surface area (Å²) in [5.41, 5.74) is 0. The van der Waals surface area contributed by atoms with Crippen molar-refractivity contribution in [2.24, 2.45) is 0 Å². The molecule has 0 N–H and O–H groups in total. The van der Waals surface area contributed by atoms with E-state index in [9.17, 15) is 4.79 Å². The molecule has 0 radical (unpaired) electrons. The number of carbonyl (C=O) groups is 1. The van der Waals surface area contributed by atoms with Gasteiger partial charge in [-0.3, -0.25) is 0 Å². The molecule has 3 nitrogen and oxygen atoms in total. The van der Waals surface area contributed by atoms with E-state index in [1.54, 1.807) is 0 Å². The Kier molecular flexibility index (Phi) is 1.71. The maximum Gasteiger partial charge on any atom is 0.335 e. The van der Waals surface area contributed by atoms with Gasteiger partial charge in [-0.25, -0.2) is 4.79 Å². The number of ether oxygens (including phenoxy) is 2. The highest BCUT2D eigenvalue weighted by molar-refractivity contribution is 5.75. The molecule has 0 bridgehead atoms. The van der Waals surface area contributed by atoms with Gasteiger partial charge in [0.1, 0.15) is 0 Å². The molecule has 1 fully saturated rings. The lowest BCUT2D eigenvalue weighted by molar-refractivity contribution is -0.179. The second-order valence-corrected chi connectivity index (χ2v) is 2.19. The SMILES string of the molecule is COC(=O)[C@H]1C[C@@H](C)O1. The fourth-order valence-corrected chi connectivity index (χ4v) is 0.854. The standard InChI is InChI=1S/C6H10O3/c1-4-3-5(9-4)6(7)8-2/h4-5H,3H2,1-2H3/t4-,5-/m1/s1. The molecule has 1 heterocycles. The first-order valence-electron chi connectivity index (χ1n) is 2.97. The third kappa shape index (κ3) is 1.21. The van der Waals surface area contributed by atoms with Crippen LogP contribution in [0.3, 0.4) is 0 Å². The van der Waals surface area contributed by atoms with Gasteiger partial charge in [0.05, 0.1) is 13.2 Å². The van der Waals surface area contributed by atoms with E-state index in [2.05, 4.69) is 4.74 Å². The molecule has 1 aliphatic rings. The summed E-state index contributed by atoms with van der Waals surface area (Å²) >= 11 is 0. The number of rotatable bonds is 1. The highest BCUT2D eigenvalue weighted by atomic mass is 16.6. The summed E-state index contributed by atoms with van der Waals surface area (Å²) in [5, 5.41) is 0. The minimum absolute atomic E-state index is 0.231. The summed E-state index contributed by atoms with van der Waals surface area (Å²) in [7, 11) is 1.37. The van der Waals surface area contributed by atoms with Gasteiger partial charge in [-0.05, 0) is 6.92 Å². The minimum atomic E-state index is -0.287. The van der Waals surface area contributed by atoms with Crippen LogP contribution in [0.1, 0.15) is 13.3 Å². The first-order valence-corrected chi connectivity index (χ1v) is 2.97. The molecular weight excluding hydrogens is 120 g/mol. The predicted octanol–water partition coefficient (Wildman–Crippen LogP) is 0.337. The van der Waals surface area contributed by atoms with Crippen molar-refractivity contribution in [3.63, 3.8) is 0 Å². The topological polar surface area (TPSA) is 35.5 Å². The van der Waals surface area contributed by atoms with E-state index in [1.807, 2.05) is 6.92 Å². The molecule has 0 aromatic heterocycles. The van der Waals surface area contributed by atoms with Crippen molar-refractivity contribution >= 4 is 5.97 Å². The highest BCUT2D eigenvalue weighted by Gasteiger charge is 2.33. The van der Waals surface area contributed by atoms with Crippen molar-refractivity contribution in [2.75, 3.05) is 7.11 Å². The summed E-state index contributed by atoms with van der Waals surface area (Å²) in [5.74, 6) is -0.256. The van der Waals surface area contributed by atoms with Crippen molar-refractivity contribution in [1.82, 2.24) is 0 Å². The molecule has 0 amide bonds. The lowest BCUT2D eigenvalue weighted by Gasteiger charge is -2.30. The Morgan fingerprint density at radius 3 is 2.67 bits per heavy atom. The first kappa shape index (κ1) is 6.55. The van der Waals surface area contributed by atoms with Crippen molar-refractivity contribution in [3.05, 3.63) is 0 Å². The van der Waals surface area contributed by atoms with Gasteiger partial charge < -0.3 is 9.47 Å². The highest BCUT2D eigenvalue weighted by Crippen LogP contribution is 2.20. The van der Waals surface area contributed by atoms with Crippen LogP contribution in [0.15, 0.2) is 0 Å². The number of esters is 1. The van der Waals surface area contributed by atoms with Crippen LogP contribution >= 0.6 is 0 Å². The molecule has 1 aliphatic heterocycles. The fraction of sp³-hybridized carbons (Fsp3) is 0.833. The molecule has 1 saturated heterocycles. The summed E-state index contributed by atoms with van der Waals surface area (Å²) in [6.07, 6.45) is 0.742. The zero-order valence-corrected chi connectivity index (χ0v) is 5.59. The van der Waals surface area contributed by atoms with Crippen LogP contribution in [0, 0.1) is 0 Å². The van der Waals surface area contributed by atoms with Gasteiger partial charge in [0.15, 0.2) is 6.10 Å². The van der Waals surface area contributed by atoms with Gasteiger partial charge in [0.2, 0.25) is 0 Å². The molecule has 1 rings (SSSR count). The van der Waals surface area contributed by atoms with Crippen molar-refractivity contribution < 1.29 is 14.3 Å². The third-order valence-corrected chi connectivity index (χ3v) is 1.41. The smallest absolute Gasteiger partial charge is 0.335 e. The first-order chi connectivity index (χ1) is 4.24. The Bertz CT molecular complexity index is 115. The van der Waals surface area contributed by atoms with Crippen LogP contribution in [0.5, 0.6) is 0 Å². The molecule has 0 aromatic carbocycles. The molecule has 0 saturated carbocycles. The molecule has 0 unspecified atom stereocenters. The number of carbonyl (C=O) groups excluding carboxylic acids is 1. The van der Waals surface area contributed by atoms with Crippen LogP contribution in [-0.2, 0) is 14.3 Å². The molecule has 3 heteroatoms. The van der Waals surface area contributed by atoms with Crippen LogP contribution < -0.4 is 0 Å². The molecule has 0 aliphatic carbocycles. The Morgan fingerprint density at radius 2 is 2.33 bits per heavy atom. The predicted molar refractivity (Wildman–Crippen MR) is 31.0 cm³/mol. The molecule has 52 valence electrons. The van der Waals surface area contributed by atoms with Crippen molar-refractivity contribution in [2.45, 2.75) is 25.6 Å². The van der Waals surface area contributed by atoms with E-state index >= 15 is 0 Å². The number of hydrogen-bond donors (Lipinski definition) is 0.